The zero-order valence-electron chi connectivity index (χ0n) is 21.5. The Balaban J connectivity index is 1.21. The van der Waals surface area contributed by atoms with Crippen LogP contribution in [-0.4, -0.2) is 60.4 Å². The van der Waals surface area contributed by atoms with Gasteiger partial charge in [0, 0.05) is 16.6 Å². The minimum Gasteiger partial charge on any atom is -0.454 e. The fraction of sp³-hybridized carbons (Fsp3) is 0.259. The molecule has 2 aliphatic heterocycles. The number of benzene rings is 2. The van der Waals surface area contributed by atoms with Gasteiger partial charge in [-0.15, -0.1) is 11.3 Å². The van der Waals surface area contributed by atoms with Gasteiger partial charge in [-0.2, -0.15) is 4.68 Å². The Labute approximate surface area is 237 Å². The van der Waals surface area contributed by atoms with E-state index in [0.717, 1.165) is 27.8 Å². The lowest BCUT2D eigenvalue weighted by Gasteiger charge is -2.31. The van der Waals surface area contributed by atoms with Crippen LogP contribution in [-0.2, 0) is 9.53 Å². The zero-order valence-corrected chi connectivity index (χ0v) is 23.1. The van der Waals surface area contributed by atoms with Gasteiger partial charge in [0.2, 0.25) is 12.7 Å². The number of fused-ring (bicyclic) bond motifs is 2. The van der Waals surface area contributed by atoms with E-state index < -0.39 is 11.9 Å². The Morgan fingerprint density at radius 1 is 1.07 bits per heavy atom. The number of hydrogen-bond donors (Lipinski definition) is 2. The predicted octanol–water partition coefficient (Wildman–Crippen LogP) is 3.57. The second-order valence-electron chi connectivity index (χ2n) is 9.14. The number of hydrogen-bond acceptors (Lipinski definition) is 10. The van der Waals surface area contributed by atoms with Gasteiger partial charge in [0.25, 0.3) is 5.56 Å². The molecule has 2 aromatic carbocycles. The lowest BCUT2D eigenvalue weighted by Crippen LogP contribution is -2.49. The van der Waals surface area contributed by atoms with Crippen molar-refractivity contribution in [2.24, 2.45) is 0 Å². The summed E-state index contributed by atoms with van der Waals surface area (Å²) in [6.45, 7) is 4.13. The summed E-state index contributed by atoms with van der Waals surface area (Å²) in [7, 11) is 0. The first-order chi connectivity index (χ1) is 19.4. The van der Waals surface area contributed by atoms with Crippen LogP contribution in [0.5, 0.6) is 11.5 Å². The molecule has 0 unspecified atom stereocenters. The van der Waals surface area contributed by atoms with Crippen LogP contribution in [0.2, 0.25) is 0 Å². The number of rotatable bonds is 6. The van der Waals surface area contributed by atoms with Crippen molar-refractivity contribution in [3.05, 3.63) is 64.4 Å². The summed E-state index contributed by atoms with van der Waals surface area (Å²) in [5.74, 6) is 0.456. The first kappa shape index (κ1) is 26.2. The van der Waals surface area contributed by atoms with Crippen molar-refractivity contribution in [1.29, 1.82) is 0 Å². The number of aryl methyl sites for hydroxylation is 1. The molecular formula is C27H25N5O6S2. The molecule has 3 amide bonds. The van der Waals surface area contributed by atoms with Crippen molar-refractivity contribution < 1.29 is 23.8 Å². The molecule has 4 heterocycles. The Bertz CT molecular complexity index is 1660. The van der Waals surface area contributed by atoms with Gasteiger partial charge in [0.1, 0.15) is 4.83 Å². The summed E-state index contributed by atoms with van der Waals surface area (Å²) in [6, 6.07) is 14.2. The molecule has 0 radical (unpaired) electrons. The average Bonchev–Trinajstić information content (AvgIpc) is 3.59. The summed E-state index contributed by atoms with van der Waals surface area (Å²) < 4.78 is 17.6. The Morgan fingerprint density at radius 3 is 2.73 bits per heavy atom. The molecule has 4 aromatic rings. The van der Waals surface area contributed by atoms with Crippen molar-refractivity contribution in [3.8, 4) is 21.9 Å². The normalized spacial score (nSPS) is 14.4. The maximum absolute atomic E-state index is 13.7. The van der Waals surface area contributed by atoms with Crippen LogP contribution in [0.25, 0.3) is 20.7 Å². The molecule has 2 N–H and O–H groups in total. The number of carbonyl (C=O) groups excluding carboxylic acids is 2. The van der Waals surface area contributed by atoms with Crippen molar-refractivity contribution in [2.45, 2.75) is 12.1 Å². The summed E-state index contributed by atoms with van der Waals surface area (Å²) in [4.78, 5) is 45.1. The Morgan fingerprint density at radius 2 is 1.90 bits per heavy atom. The van der Waals surface area contributed by atoms with Gasteiger partial charge in [-0.3, -0.25) is 14.9 Å². The van der Waals surface area contributed by atoms with Crippen LogP contribution in [0.15, 0.2) is 58.5 Å². The number of morpholine rings is 1. The minimum absolute atomic E-state index is 0.118. The number of urea groups is 1. The third kappa shape index (κ3) is 5.48. The number of thioether (sulfide) groups is 1. The van der Waals surface area contributed by atoms with Gasteiger partial charge in [-0.1, -0.05) is 41.6 Å². The molecule has 206 valence electrons. The SMILES string of the molecule is Cc1cccc(-c2cc3c(=O)n(N4CCOCC4)c(SCC(=O)NC(=O)Nc4ccc5c(c4)OCO5)nc3s2)c1. The monoisotopic (exact) mass is 579 g/mol. The maximum Gasteiger partial charge on any atom is 0.325 e. The third-order valence-corrected chi connectivity index (χ3v) is 8.31. The van der Waals surface area contributed by atoms with E-state index in [1.165, 1.54) is 16.0 Å². The third-order valence-electron chi connectivity index (χ3n) is 6.30. The molecule has 0 spiro atoms. The van der Waals surface area contributed by atoms with Crippen molar-refractivity contribution in [3.63, 3.8) is 0 Å². The molecule has 0 bridgehead atoms. The highest BCUT2D eigenvalue weighted by Gasteiger charge is 2.22. The molecule has 0 saturated carbocycles. The van der Waals surface area contributed by atoms with Crippen LogP contribution in [0, 0.1) is 6.92 Å². The summed E-state index contributed by atoms with van der Waals surface area (Å²) in [6.07, 6.45) is 0. The highest BCUT2D eigenvalue weighted by atomic mass is 32.2. The van der Waals surface area contributed by atoms with E-state index in [9.17, 15) is 14.4 Å². The van der Waals surface area contributed by atoms with E-state index >= 15 is 0 Å². The number of anilines is 1. The van der Waals surface area contributed by atoms with Crippen molar-refractivity contribution in [2.75, 3.05) is 49.2 Å². The maximum atomic E-state index is 13.7. The van der Waals surface area contributed by atoms with E-state index in [1.807, 2.05) is 36.2 Å². The number of nitrogens with zero attached hydrogens (tertiary/aromatic N) is 3. The Kier molecular flexibility index (Phi) is 7.32. The average molecular weight is 580 g/mol. The summed E-state index contributed by atoms with van der Waals surface area (Å²) in [5, 5.41) is 7.71. The van der Waals surface area contributed by atoms with E-state index in [0.29, 0.717) is 58.9 Å². The number of nitrogens with one attached hydrogen (secondary N) is 2. The molecule has 0 aliphatic carbocycles. The molecule has 13 heteroatoms. The number of amides is 3. The van der Waals surface area contributed by atoms with Crippen LogP contribution in [0.4, 0.5) is 10.5 Å². The van der Waals surface area contributed by atoms with Gasteiger partial charge in [-0.05, 0) is 30.7 Å². The Hall–Kier alpha value is -4.07. The van der Waals surface area contributed by atoms with Gasteiger partial charge in [0.15, 0.2) is 16.7 Å². The molecule has 2 aromatic heterocycles. The van der Waals surface area contributed by atoms with Crippen LogP contribution in [0.1, 0.15) is 5.56 Å². The first-order valence-electron chi connectivity index (χ1n) is 12.5. The molecule has 11 nitrogen and oxygen atoms in total. The van der Waals surface area contributed by atoms with Crippen molar-refractivity contribution >= 4 is 50.9 Å². The number of carbonyl (C=O) groups is 2. The van der Waals surface area contributed by atoms with E-state index in [-0.39, 0.29) is 18.1 Å². The zero-order chi connectivity index (χ0) is 27.6. The van der Waals surface area contributed by atoms with Gasteiger partial charge in [0.05, 0.1) is 37.4 Å². The molecular weight excluding hydrogens is 554 g/mol. The van der Waals surface area contributed by atoms with E-state index in [4.69, 9.17) is 19.2 Å². The molecule has 6 rings (SSSR count). The fourth-order valence-corrected chi connectivity index (χ4v) is 6.30. The lowest BCUT2D eigenvalue weighted by molar-refractivity contribution is -0.117. The van der Waals surface area contributed by atoms with Crippen LogP contribution in [0.3, 0.4) is 0 Å². The number of aromatic nitrogens is 2. The second kappa shape index (κ2) is 11.2. The number of ether oxygens (including phenoxy) is 3. The largest absolute Gasteiger partial charge is 0.454 e. The highest BCUT2D eigenvalue weighted by molar-refractivity contribution is 7.99. The predicted molar refractivity (Wildman–Crippen MR) is 153 cm³/mol. The topological polar surface area (TPSA) is 124 Å². The number of thiophene rings is 1. The van der Waals surface area contributed by atoms with Gasteiger partial charge >= 0.3 is 6.03 Å². The number of imide groups is 1. The first-order valence-corrected chi connectivity index (χ1v) is 14.3. The molecule has 2 aliphatic rings. The lowest BCUT2D eigenvalue weighted by atomic mass is 10.1. The second-order valence-corrected chi connectivity index (χ2v) is 11.1. The van der Waals surface area contributed by atoms with Crippen LogP contribution < -0.4 is 30.7 Å². The summed E-state index contributed by atoms with van der Waals surface area (Å²) in [5.41, 5.74) is 2.39. The van der Waals surface area contributed by atoms with Gasteiger partial charge in [-0.25, -0.2) is 9.78 Å². The van der Waals surface area contributed by atoms with E-state index in [1.54, 1.807) is 18.2 Å². The minimum atomic E-state index is -0.681. The quantitative estimate of drug-likeness (QED) is 0.261. The standard InChI is InChI=1S/C27H25N5O6S2/c1-16-3-2-4-17(11-16)22-13-19-24(40-22)30-27(32(25(19)34)31-7-9-36-10-8-31)39-14-23(33)29-26(35)28-18-5-6-20-21(12-18)38-15-37-20/h2-6,11-13H,7-10,14-15H2,1H3,(H2,28,29,33,35). The van der Waals surface area contributed by atoms with E-state index in [2.05, 4.69) is 16.7 Å². The molecule has 1 saturated heterocycles. The summed E-state index contributed by atoms with van der Waals surface area (Å²) >= 11 is 2.53. The molecule has 40 heavy (non-hydrogen) atoms. The smallest absolute Gasteiger partial charge is 0.325 e. The highest BCUT2D eigenvalue weighted by Crippen LogP contribution is 2.34. The van der Waals surface area contributed by atoms with Crippen LogP contribution >= 0.6 is 23.1 Å². The molecule has 1 fully saturated rings. The fourth-order valence-electron chi connectivity index (χ4n) is 4.42. The molecule has 0 atom stereocenters. The van der Waals surface area contributed by atoms with Gasteiger partial charge < -0.3 is 24.5 Å². The van der Waals surface area contributed by atoms with Crippen molar-refractivity contribution in [1.82, 2.24) is 15.0 Å².